The van der Waals surface area contributed by atoms with Crippen LogP contribution in [0.25, 0.3) is 11.1 Å². The summed E-state index contributed by atoms with van der Waals surface area (Å²) in [6.45, 7) is 0. The van der Waals surface area contributed by atoms with Gasteiger partial charge in [0.05, 0.1) is 11.6 Å². The maximum absolute atomic E-state index is 10.7. The van der Waals surface area contributed by atoms with E-state index in [1.807, 2.05) is 24.3 Å². The Hall–Kier alpha value is -2.40. The lowest BCUT2D eigenvalue weighted by Gasteiger charge is -2.29. The zero-order chi connectivity index (χ0) is 16.1. The van der Waals surface area contributed by atoms with Crippen LogP contribution in [0.5, 0.6) is 0 Å². The van der Waals surface area contributed by atoms with Crippen LogP contribution in [0, 0.1) is 17.2 Å². The van der Waals surface area contributed by atoms with E-state index in [-0.39, 0.29) is 0 Å². The normalized spacial score (nSPS) is 20.7. The largest absolute Gasteiger partial charge is 0.303 e. The molecule has 0 aliphatic heterocycles. The minimum Gasteiger partial charge on any atom is -0.303 e. The molecular weight excluding hydrogens is 282 g/mol. The third-order valence-electron chi connectivity index (χ3n) is 5.00. The monoisotopic (exact) mass is 303 g/mol. The van der Waals surface area contributed by atoms with Crippen LogP contribution in [0.2, 0.25) is 0 Å². The zero-order valence-corrected chi connectivity index (χ0v) is 13.2. The van der Waals surface area contributed by atoms with Crippen molar-refractivity contribution in [2.24, 2.45) is 5.92 Å². The molecule has 2 aromatic rings. The number of rotatable bonds is 4. The second kappa shape index (κ2) is 7.24. The summed E-state index contributed by atoms with van der Waals surface area (Å²) < 4.78 is 0. The zero-order valence-electron chi connectivity index (χ0n) is 13.2. The number of aldehydes is 1. The lowest BCUT2D eigenvalue weighted by atomic mass is 9.76. The van der Waals surface area contributed by atoms with Crippen LogP contribution in [0.1, 0.15) is 49.1 Å². The number of nitrogens with zero attached hydrogens (tertiary/aromatic N) is 1. The van der Waals surface area contributed by atoms with Crippen molar-refractivity contribution in [3.63, 3.8) is 0 Å². The van der Waals surface area contributed by atoms with Gasteiger partial charge in [-0.3, -0.25) is 0 Å². The van der Waals surface area contributed by atoms with E-state index in [1.165, 1.54) is 16.7 Å². The number of nitriles is 1. The first-order valence-electron chi connectivity index (χ1n) is 8.35. The Kier molecular flexibility index (Phi) is 4.88. The van der Waals surface area contributed by atoms with Gasteiger partial charge in [-0.25, -0.2) is 0 Å². The maximum Gasteiger partial charge on any atom is 0.120 e. The van der Waals surface area contributed by atoms with Gasteiger partial charge in [0, 0.05) is 6.42 Å². The van der Waals surface area contributed by atoms with Crippen molar-refractivity contribution >= 4 is 6.29 Å². The smallest absolute Gasteiger partial charge is 0.120 e. The van der Waals surface area contributed by atoms with Gasteiger partial charge < -0.3 is 4.79 Å². The minimum absolute atomic E-state index is 0.574. The van der Waals surface area contributed by atoms with E-state index < -0.39 is 0 Å². The van der Waals surface area contributed by atoms with E-state index in [0.29, 0.717) is 23.8 Å². The highest BCUT2D eigenvalue weighted by Crippen LogP contribution is 2.40. The highest BCUT2D eigenvalue weighted by Gasteiger charge is 2.23. The molecular formula is C21H21NO. The highest BCUT2D eigenvalue weighted by atomic mass is 16.1. The Morgan fingerprint density at radius 3 is 2.35 bits per heavy atom. The molecule has 0 saturated heterocycles. The quantitative estimate of drug-likeness (QED) is 0.738. The van der Waals surface area contributed by atoms with Crippen molar-refractivity contribution in [1.29, 1.82) is 5.26 Å². The third-order valence-corrected chi connectivity index (χ3v) is 5.00. The summed E-state index contributed by atoms with van der Waals surface area (Å²) in [5.74, 6) is 1.15. The molecule has 0 bridgehead atoms. The molecule has 0 N–H and O–H groups in total. The van der Waals surface area contributed by atoms with Crippen LogP contribution in [-0.2, 0) is 4.79 Å². The van der Waals surface area contributed by atoms with Crippen LogP contribution < -0.4 is 0 Å². The first-order valence-corrected chi connectivity index (χ1v) is 8.35. The number of benzene rings is 2. The van der Waals surface area contributed by atoms with Gasteiger partial charge >= 0.3 is 0 Å². The molecule has 2 aromatic carbocycles. The number of hydrogen-bond acceptors (Lipinski definition) is 2. The summed E-state index contributed by atoms with van der Waals surface area (Å²) >= 11 is 0. The van der Waals surface area contributed by atoms with Crippen LogP contribution in [-0.4, -0.2) is 6.29 Å². The summed E-state index contributed by atoms with van der Waals surface area (Å²) in [4.78, 5) is 10.7. The topological polar surface area (TPSA) is 40.9 Å². The molecule has 0 spiro atoms. The lowest BCUT2D eigenvalue weighted by Crippen LogP contribution is -2.14. The van der Waals surface area contributed by atoms with Gasteiger partial charge in [-0.05, 0) is 66.3 Å². The van der Waals surface area contributed by atoms with E-state index in [9.17, 15) is 4.79 Å². The molecule has 0 heterocycles. The van der Waals surface area contributed by atoms with Gasteiger partial charge in [0.2, 0.25) is 0 Å². The summed E-state index contributed by atoms with van der Waals surface area (Å²) in [5, 5.41) is 8.95. The standard InChI is InChI=1S/C21H21NO/c22-15-17-7-11-19(12-8-17)21-4-2-1-3-20(21)18-9-5-16(6-10-18)13-14-23/h1-4,7-8,11-12,14,16,18H,5-6,9-10,13H2. The first kappa shape index (κ1) is 15.5. The summed E-state index contributed by atoms with van der Waals surface area (Å²) in [5.41, 5.74) is 4.55. The molecule has 1 fully saturated rings. The van der Waals surface area contributed by atoms with E-state index in [2.05, 4.69) is 30.3 Å². The first-order chi connectivity index (χ1) is 11.3. The van der Waals surface area contributed by atoms with Crippen molar-refractivity contribution in [3.8, 4) is 17.2 Å². The van der Waals surface area contributed by atoms with Crippen LogP contribution in [0.15, 0.2) is 48.5 Å². The summed E-state index contributed by atoms with van der Waals surface area (Å²) in [6.07, 6.45) is 6.38. The molecule has 0 amide bonds. The Bertz CT molecular complexity index is 703. The summed E-state index contributed by atoms with van der Waals surface area (Å²) in [7, 11) is 0. The predicted molar refractivity (Wildman–Crippen MR) is 92.0 cm³/mol. The fourth-order valence-corrected chi connectivity index (χ4v) is 3.69. The van der Waals surface area contributed by atoms with Gasteiger partial charge in [-0.2, -0.15) is 5.26 Å². The Morgan fingerprint density at radius 2 is 1.70 bits per heavy atom. The summed E-state index contributed by atoms with van der Waals surface area (Å²) in [6, 6.07) is 18.6. The SMILES string of the molecule is N#Cc1ccc(-c2ccccc2C2CCC(CC=O)CC2)cc1. The highest BCUT2D eigenvalue weighted by molar-refractivity contribution is 5.68. The lowest BCUT2D eigenvalue weighted by molar-refractivity contribution is -0.108. The molecule has 1 aliphatic rings. The molecule has 1 saturated carbocycles. The molecule has 23 heavy (non-hydrogen) atoms. The van der Waals surface area contributed by atoms with Gasteiger partial charge in [0.25, 0.3) is 0 Å². The molecule has 2 nitrogen and oxygen atoms in total. The van der Waals surface area contributed by atoms with Crippen molar-refractivity contribution in [2.45, 2.75) is 38.0 Å². The van der Waals surface area contributed by atoms with Crippen LogP contribution in [0.3, 0.4) is 0 Å². The molecule has 3 rings (SSSR count). The van der Waals surface area contributed by atoms with Gasteiger partial charge in [0.1, 0.15) is 6.29 Å². The average Bonchev–Trinajstić information content (AvgIpc) is 2.63. The van der Waals surface area contributed by atoms with E-state index in [1.54, 1.807) is 0 Å². The van der Waals surface area contributed by atoms with Crippen LogP contribution in [0.4, 0.5) is 0 Å². The molecule has 1 aliphatic carbocycles. The minimum atomic E-state index is 0.574. The van der Waals surface area contributed by atoms with E-state index >= 15 is 0 Å². The second-order valence-corrected chi connectivity index (χ2v) is 6.40. The molecule has 0 radical (unpaired) electrons. The molecule has 116 valence electrons. The van der Waals surface area contributed by atoms with E-state index in [4.69, 9.17) is 5.26 Å². The van der Waals surface area contributed by atoms with Crippen molar-refractivity contribution in [1.82, 2.24) is 0 Å². The van der Waals surface area contributed by atoms with Gasteiger partial charge in [-0.15, -0.1) is 0 Å². The fraction of sp³-hybridized carbons (Fsp3) is 0.333. The molecule has 0 atom stereocenters. The molecule has 2 heteroatoms. The molecule has 0 unspecified atom stereocenters. The second-order valence-electron chi connectivity index (χ2n) is 6.40. The van der Waals surface area contributed by atoms with Crippen molar-refractivity contribution in [3.05, 3.63) is 59.7 Å². The van der Waals surface area contributed by atoms with Gasteiger partial charge in [-0.1, -0.05) is 36.4 Å². The van der Waals surface area contributed by atoms with Crippen LogP contribution >= 0.6 is 0 Å². The van der Waals surface area contributed by atoms with E-state index in [0.717, 1.165) is 32.0 Å². The number of hydrogen-bond donors (Lipinski definition) is 0. The Labute approximate surface area is 137 Å². The Balaban J connectivity index is 1.84. The van der Waals surface area contributed by atoms with Gasteiger partial charge in [0.15, 0.2) is 0 Å². The maximum atomic E-state index is 10.7. The van der Waals surface area contributed by atoms with Crippen molar-refractivity contribution in [2.75, 3.05) is 0 Å². The third kappa shape index (κ3) is 3.51. The predicted octanol–water partition coefficient (Wildman–Crippen LogP) is 5.09. The average molecular weight is 303 g/mol. The number of carbonyl (C=O) groups is 1. The van der Waals surface area contributed by atoms with Crippen molar-refractivity contribution < 1.29 is 4.79 Å². The Morgan fingerprint density at radius 1 is 1.00 bits per heavy atom. The molecule has 0 aromatic heterocycles. The number of carbonyl (C=O) groups excluding carboxylic acids is 1. The fourth-order valence-electron chi connectivity index (χ4n) is 3.69.